The van der Waals surface area contributed by atoms with Crippen molar-refractivity contribution < 1.29 is 4.74 Å². The molecule has 66 valence electrons. The van der Waals surface area contributed by atoms with E-state index in [1.165, 1.54) is 5.57 Å². The summed E-state index contributed by atoms with van der Waals surface area (Å²) in [4.78, 5) is 0. The molecule has 0 aromatic heterocycles. The van der Waals surface area contributed by atoms with E-state index in [-0.39, 0.29) is 6.10 Å². The van der Waals surface area contributed by atoms with Crippen molar-refractivity contribution in [2.24, 2.45) is 0 Å². The molecule has 1 nitrogen and oxygen atoms in total. The van der Waals surface area contributed by atoms with Gasteiger partial charge in [-0.15, -0.1) is 0 Å². The van der Waals surface area contributed by atoms with Crippen molar-refractivity contribution in [2.75, 3.05) is 0 Å². The molecule has 0 saturated heterocycles. The summed E-state index contributed by atoms with van der Waals surface area (Å²) in [6, 6.07) is 0. The van der Waals surface area contributed by atoms with E-state index < -0.39 is 0 Å². The summed E-state index contributed by atoms with van der Waals surface area (Å²) in [5, 5.41) is 0. The van der Waals surface area contributed by atoms with Crippen LogP contribution in [0.4, 0.5) is 0 Å². The van der Waals surface area contributed by atoms with Crippen LogP contribution in [-0.4, -0.2) is 6.10 Å². The Hall–Kier alpha value is -0.980. The second-order valence-corrected chi connectivity index (χ2v) is 3.26. The maximum absolute atomic E-state index is 5.66. The Bertz CT molecular complexity index is 231. The zero-order chi connectivity index (χ0) is 8.97. The van der Waals surface area contributed by atoms with Gasteiger partial charge in [-0.2, -0.15) is 0 Å². The fourth-order valence-corrected chi connectivity index (χ4v) is 1.13. The molecule has 0 atom stereocenters. The second-order valence-electron chi connectivity index (χ2n) is 3.26. The monoisotopic (exact) mass is 164 g/mol. The number of hydrogen-bond acceptors (Lipinski definition) is 1. The fraction of sp³-hybridized carbons (Fsp3) is 0.455. The maximum Gasteiger partial charge on any atom is 0.103 e. The van der Waals surface area contributed by atoms with E-state index in [9.17, 15) is 0 Å². The number of ether oxygens (including phenoxy) is 1. The summed E-state index contributed by atoms with van der Waals surface area (Å²) in [6.07, 6.45) is 9.49. The third kappa shape index (κ3) is 2.57. The molecule has 0 heterocycles. The molecule has 0 aromatic carbocycles. The van der Waals surface area contributed by atoms with Gasteiger partial charge < -0.3 is 4.74 Å². The van der Waals surface area contributed by atoms with E-state index in [0.717, 1.165) is 12.2 Å². The van der Waals surface area contributed by atoms with Gasteiger partial charge in [0.2, 0.25) is 0 Å². The molecule has 0 aliphatic heterocycles. The lowest BCUT2D eigenvalue weighted by Gasteiger charge is -2.13. The quantitative estimate of drug-likeness (QED) is 0.609. The molecular formula is C11H16O. The summed E-state index contributed by atoms with van der Waals surface area (Å²) in [6.45, 7) is 6.19. The molecule has 0 fully saturated rings. The number of allylic oxidation sites excluding steroid dienone is 5. The van der Waals surface area contributed by atoms with Gasteiger partial charge in [0, 0.05) is 6.42 Å². The smallest absolute Gasteiger partial charge is 0.103 e. The van der Waals surface area contributed by atoms with Crippen LogP contribution in [0.1, 0.15) is 27.2 Å². The zero-order valence-corrected chi connectivity index (χ0v) is 8.00. The van der Waals surface area contributed by atoms with Gasteiger partial charge in [0.15, 0.2) is 0 Å². The predicted octanol–water partition coefficient (Wildman–Crippen LogP) is 3.20. The van der Waals surface area contributed by atoms with Crippen LogP contribution in [0.3, 0.4) is 0 Å². The van der Waals surface area contributed by atoms with Crippen LogP contribution in [0.5, 0.6) is 0 Å². The topological polar surface area (TPSA) is 9.23 Å². The fourth-order valence-electron chi connectivity index (χ4n) is 1.13. The van der Waals surface area contributed by atoms with Crippen LogP contribution < -0.4 is 0 Å². The molecule has 0 saturated carbocycles. The molecule has 0 radical (unpaired) electrons. The van der Waals surface area contributed by atoms with Gasteiger partial charge in [-0.1, -0.05) is 24.3 Å². The first-order valence-electron chi connectivity index (χ1n) is 4.40. The Kier molecular flexibility index (Phi) is 3.15. The van der Waals surface area contributed by atoms with Gasteiger partial charge in [0.25, 0.3) is 0 Å². The third-order valence-corrected chi connectivity index (χ3v) is 1.71. The molecule has 0 N–H and O–H groups in total. The van der Waals surface area contributed by atoms with Gasteiger partial charge in [-0.25, -0.2) is 0 Å². The van der Waals surface area contributed by atoms with Crippen LogP contribution in [0.2, 0.25) is 0 Å². The lowest BCUT2D eigenvalue weighted by atomic mass is 10.2. The standard InChI is InChI=1S/C11H16O/c1-9(2)12-11-8-6-4-5-7-10(11)3/h4-7,9H,8H2,1-3H3. The van der Waals surface area contributed by atoms with Crippen LogP contribution in [0.25, 0.3) is 0 Å². The van der Waals surface area contributed by atoms with E-state index in [1.54, 1.807) is 0 Å². The van der Waals surface area contributed by atoms with E-state index in [2.05, 4.69) is 39.0 Å². The minimum atomic E-state index is 0.273. The molecule has 0 unspecified atom stereocenters. The minimum absolute atomic E-state index is 0.273. The average molecular weight is 164 g/mol. The number of hydrogen-bond donors (Lipinski definition) is 0. The lowest BCUT2D eigenvalue weighted by Crippen LogP contribution is -2.03. The molecule has 1 rings (SSSR count). The third-order valence-electron chi connectivity index (χ3n) is 1.71. The van der Waals surface area contributed by atoms with Gasteiger partial charge in [-0.3, -0.25) is 0 Å². The largest absolute Gasteiger partial charge is 0.495 e. The average Bonchev–Trinajstić information content (AvgIpc) is 2.16. The first-order valence-corrected chi connectivity index (χ1v) is 4.40. The molecular weight excluding hydrogens is 148 g/mol. The van der Waals surface area contributed by atoms with Crippen LogP contribution in [0, 0.1) is 0 Å². The van der Waals surface area contributed by atoms with Crippen molar-refractivity contribution in [2.45, 2.75) is 33.3 Å². The van der Waals surface area contributed by atoms with Crippen molar-refractivity contribution in [3.63, 3.8) is 0 Å². The van der Waals surface area contributed by atoms with Crippen LogP contribution in [-0.2, 0) is 4.74 Å². The normalized spacial score (nSPS) is 17.0. The van der Waals surface area contributed by atoms with Crippen molar-refractivity contribution in [3.05, 3.63) is 35.6 Å². The number of rotatable bonds is 2. The second kappa shape index (κ2) is 4.15. The molecule has 1 heteroatoms. The van der Waals surface area contributed by atoms with E-state index in [4.69, 9.17) is 4.74 Å². The van der Waals surface area contributed by atoms with E-state index in [0.29, 0.717) is 0 Å². The first-order chi connectivity index (χ1) is 5.70. The Labute approximate surface area is 74.4 Å². The van der Waals surface area contributed by atoms with E-state index >= 15 is 0 Å². The summed E-state index contributed by atoms with van der Waals surface area (Å²) in [5.41, 5.74) is 1.23. The summed E-state index contributed by atoms with van der Waals surface area (Å²) in [5.74, 6) is 1.09. The summed E-state index contributed by atoms with van der Waals surface area (Å²) >= 11 is 0. The van der Waals surface area contributed by atoms with Gasteiger partial charge >= 0.3 is 0 Å². The molecule has 1 aliphatic carbocycles. The van der Waals surface area contributed by atoms with Gasteiger partial charge in [0.1, 0.15) is 5.76 Å². The molecule has 12 heavy (non-hydrogen) atoms. The van der Waals surface area contributed by atoms with Gasteiger partial charge in [0.05, 0.1) is 6.10 Å². The highest BCUT2D eigenvalue weighted by Gasteiger charge is 2.03. The van der Waals surface area contributed by atoms with Crippen molar-refractivity contribution >= 4 is 0 Å². The van der Waals surface area contributed by atoms with Crippen LogP contribution >= 0.6 is 0 Å². The van der Waals surface area contributed by atoms with Gasteiger partial charge in [-0.05, 0) is 26.3 Å². The van der Waals surface area contributed by atoms with Crippen molar-refractivity contribution in [1.82, 2.24) is 0 Å². The first kappa shape index (κ1) is 9.11. The molecule has 1 aliphatic rings. The van der Waals surface area contributed by atoms with Crippen molar-refractivity contribution in [3.8, 4) is 0 Å². The summed E-state index contributed by atoms with van der Waals surface area (Å²) in [7, 11) is 0. The molecule has 0 amide bonds. The highest BCUT2D eigenvalue weighted by molar-refractivity contribution is 5.28. The lowest BCUT2D eigenvalue weighted by molar-refractivity contribution is 0.142. The van der Waals surface area contributed by atoms with Crippen molar-refractivity contribution in [1.29, 1.82) is 0 Å². The predicted molar refractivity (Wildman–Crippen MR) is 51.8 cm³/mol. The SMILES string of the molecule is CC1=C(OC(C)C)CC=CC=C1. The Balaban J connectivity index is 2.71. The zero-order valence-electron chi connectivity index (χ0n) is 8.00. The highest BCUT2D eigenvalue weighted by atomic mass is 16.5. The Morgan fingerprint density at radius 1 is 1.33 bits per heavy atom. The molecule has 0 aromatic rings. The molecule has 0 spiro atoms. The van der Waals surface area contributed by atoms with Crippen LogP contribution in [0.15, 0.2) is 35.6 Å². The van der Waals surface area contributed by atoms with E-state index in [1.807, 2.05) is 6.08 Å². The maximum atomic E-state index is 5.66. The highest BCUT2D eigenvalue weighted by Crippen LogP contribution is 2.17. The molecule has 0 bridgehead atoms. The minimum Gasteiger partial charge on any atom is -0.495 e. The Morgan fingerprint density at radius 2 is 2.08 bits per heavy atom. The Morgan fingerprint density at radius 3 is 2.75 bits per heavy atom. The summed E-state index contributed by atoms with van der Waals surface area (Å²) < 4.78 is 5.66.